The van der Waals surface area contributed by atoms with Crippen LogP contribution >= 0.6 is 0 Å². The summed E-state index contributed by atoms with van der Waals surface area (Å²) in [7, 11) is 0. The molecule has 6 nitrogen and oxygen atoms in total. The molecule has 0 spiro atoms. The van der Waals surface area contributed by atoms with Crippen molar-refractivity contribution in [1.29, 1.82) is 0 Å². The van der Waals surface area contributed by atoms with Crippen LogP contribution in [0.3, 0.4) is 0 Å². The summed E-state index contributed by atoms with van der Waals surface area (Å²) < 4.78 is 1.74. The summed E-state index contributed by atoms with van der Waals surface area (Å²) >= 11 is 0. The Bertz CT molecular complexity index is 590. The number of amides is 2. The van der Waals surface area contributed by atoms with E-state index in [0.29, 0.717) is 13.1 Å². The third-order valence-corrected chi connectivity index (χ3v) is 3.27. The lowest BCUT2D eigenvalue weighted by molar-refractivity contribution is 0.173. The Hall–Kier alpha value is -2.34. The highest BCUT2D eigenvalue weighted by Gasteiger charge is 2.10. The van der Waals surface area contributed by atoms with E-state index in [1.54, 1.807) is 10.9 Å². The number of carbonyl (C=O) groups excluding carboxylic acids is 1. The fourth-order valence-electron chi connectivity index (χ4n) is 2.29. The molecule has 0 saturated heterocycles. The first-order chi connectivity index (χ1) is 10.5. The van der Waals surface area contributed by atoms with Gasteiger partial charge in [0.05, 0.1) is 12.6 Å². The van der Waals surface area contributed by atoms with Crippen LogP contribution in [0.4, 0.5) is 4.79 Å². The summed E-state index contributed by atoms with van der Waals surface area (Å²) in [6.07, 6.45) is 2.82. The zero-order valence-electron chi connectivity index (χ0n) is 12.9. The van der Waals surface area contributed by atoms with Gasteiger partial charge in [-0.15, -0.1) is 0 Å². The number of hydrogen-bond donors (Lipinski definition) is 3. The molecule has 2 rings (SSSR count). The van der Waals surface area contributed by atoms with Crippen LogP contribution in [0.1, 0.15) is 22.8 Å². The average Bonchev–Trinajstić information content (AvgIpc) is 2.97. The lowest BCUT2D eigenvalue weighted by atomic mass is 10.0. The number of nitrogens with zero attached hydrogens (tertiary/aromatic N) is 2. The lowest BCUT2D eigenvalue weighted by Gasteiger charge is -2.14. The predicted molar refractivity (Wildman–Crippen MR) is 84.5 cm³/mol. The predicted octanol–water partition coefficient (Wildman–Crippen LogP) is 1.53. The van der Waals surface area contributed by atoms with Gasteiger partial charge in [0.15, 0.2) is 0 Å². The highest BCUT2D eigenvalue weighted by atomic mass is 16.3. The van der Waals surface area contributed by atoms with Gasteiger partial charge in [-0.1, -0.05) is 29.3 Å². The first kappa shape index (κ1) is 16.0. The molecule has 1 heterocycles. The zero-order chi connectivity index (χ0) is 15.9. The molecule has 0 unspecified atom stereocenters. The van der Waals surface area contributed by atoms with Crippen molar-refractivity contribution in [2.45, 2.75) is 26.5 Å². The van der Waals surface area contributed by atoms with Gasteiger partial charge >= 0.3 is 6.03 Å². The van der Waals surface area contributed by atoms with Crippen LogP contribution in [-0.2, 0) is 6.54 Å². The fourth-order valence-corrected chi connectivity index (χ4v) is 2.29. The molecule has 1 atom stereocenters. The number of aliphatic hydroxyl groups is 1. The number of urea groups is 1. The van der Waals surface area contributed by atoms with Gasteiger partial charge in [-0.25, -0.2) is 4.79 Å². The largest absolute Gasteiger partial charge is 0.387 e. The Morgan fingerprint density at radius 1 is 1.27 bits per heavy atom. The molecule has 0 bridgehead atoms. The molecule has 0 aliphatic carbocycles. The summed E-state index contributed by atoms with van der Waals surface area (Å²) in [5.41, 5.74) is 3.00. The number of hydrogen-bond acceptors (Lipinski definition) is 3. The van der Waals surface area contributed by atoms with Crippen LogP contribution in [0.25, 0.3) is 0 Å². The van der Waals surface area contributed by atoms with Crippen molar-refractivity contribution < 1.29 is 9.90 Å². The molecule has 118 valence electrons. The minimum absolute atomic E-state index is 0.177. The van der Waals surface area contributed by atoms with Crippen LogP contribution < -0.4 is 10.6 Å². The Morgan fingerprint density at radius 3 is 2.64 bits per heavy atom. The van der Waals surface area contributed by atoms with Crippen molar-refractivity contribution in [2.75, 3.05) is 13.1 Å². The van der Waals surface area contributed by atoms with Crippen molar-refractivity contribution in [3.63, 3.8) is 0 Å². The van der Waals surface area contributed by atoms with E-state index >= 15 is 0 Å². The Kier molecular flexibility index (Phi) is 5.55. The SMILES string of the molecule is Cc1cc(C)cc([C@H](O)CNC(=O)NCCn2cccn2)c1. The molecule has 1 aromatic carbocycles. The van der Waals surface area contributed by atoms with Crippen molar-refractivity contribution in [2.24, 2.45) is 0 Å². The molecule has 0 radical (unpaired) electrons. The molecule has 0 fully saturated rings. The first-order valence-electron chi connectivity index (χ1n) is 7.30. The monoisotopic (exact) mass is 302 g/mol. The summed E-state index contributed by atoms with van der Waals surface area (Å²) in [5, 5.41) is 19.6. The van der Waals surface area contributed by atoms with Crippen molar-refractivity contribution in [3.05, 3.63) is 53.3 Å². The minimum atomic E-state index is -0.713. The van der Waals surface area contributed by atoms with E-state index < -0.39 is 6.10 Å². The van der Waals surface area contributed by atoms with Gasteiger partial charge in [0.2, 0.25) is 0 Å². The number of aliphatic hydroxyl groups excluding tert-OH is 1. The van der Waals surface area contributed by atoms with E-state index in [4.69, 9.17) is 0 Å². The van der Waals surface area contributed by atoms with E-state index in [-0.39, 0.29) is 12.6 Å². The number of benzene rings is 1. The summed E-state index contributed by atoms with van der Waals surface area (Å²) in [6, 6.07) is 7.44. The summed E-state index contributed by atoms with van der Waals surface area (Å²) in [5.74, 6) is 0. The second-order valence-corrected chi connectivity index (χ2v) is 5.34. The standard InChI is InChI=1S/C16H22N4O2/c1-12-8-13(2)10-14(9-12)15(21)11-18-16(22)17-5-7-20-6-3-4-19-20/h3-4,6,8-10,15,21H,5,7,11H2,1-2H3,(H2,17,18,22)/t15-/m1/s1. The van der Waals surface area contributed by atoms with Gasteiger partial charge in [0.25, 0.3) is 0 Å². The average molecular weight is 302 g/mol. The fraction of sp³-hybridized carbons (Fsp3) is 0.375. The van der Waals surface area contributed by atoms with Crippen LogP contribution in [0, 0.1) is 13.8 Å². The van der Waals surface area contributed by atoms with E-state index in [2.05, 4.69) is 15.7 Å². The second-order valence-electron chi connectivity index (χ2n) is 5.34. The number of aryl methyl sites for hydroxylation is 2. The van der Waals surface area contributed by atoms with Gasteiger partial charge in [0, 0.05) is 25.5 Å². The maximum atomic E-state index is 11.7. The zero-order valence-corrected chi connectivity index (χ0v) is 12.9. The van der Waals surface area contributed by atoms with Crippen LogP contribution in [0.2, 0.25) is 0 Å². The number of carbonyl (C=O) groups is 1. The van der Waals surface area contributed by atoms with Gasteiger partial charge in [0.1, 0.15) is 0 Å². The molecule has 6 heteroatoms. The first-order valence-corrected chi connectivity index (χ1v) is 7.30. The molecule has 22 heavy (non-hydrogen) atoms. The smallest absolute Gasteiger partial charge is 0.314 e. The lowest BCUT2D eigenvalue weighted by Crippen LogP contribution is -2.39. The molecule has 1 aromatic heterocycles. The van der Waals surface area contributed by atoms with Crippen LogP contribution in [0.15, 0.2) is 36.7 Å². The normalized spacial score (nSPS) is 12.0. The number of nitrogens with one attached hydrogen (secondary N) is 2. The molecular weight excluding hydrogens is 280 g/mol. The number of aromatic nitrogens is 2. The quantitative estimate of drug-likeness (QED) is 0.757. The van der Waals surface area contributed by atoms with Gasteiger partial charge in [-0.2, -0.15) is 5.10 Å². The topological polar surface area (TPSA) is 79.2 Å². The van der Waals surface area contributed by atoms with Crippen molar-refractivity contribution in [1.82, 2.24) is 20.4 Å². The Labute approximate surface area is 130 Å². The third-order valence-electron chi connectivity index (χ3n) is 3.27. The number of rotatable bonds is 6. The van der Waals surface area contributed by atoms with Crippen molar-refractivity contribution >= 4 is 6.03 Å². The molecule has 0 aliphatic rings. The van der Waals surface area contributed by atoms with Crippen molar-refractivity contribution in [3.8, 4) is 0 Å². The molecule has 0 saturated carbocycles. The van der Waals surface area contributed by atoms with E-state index in [1.807, 2.05) is 44.3 Å². The molecule has 2 aromatic rings. The summed E-state index contributed by atoms with van der Waals surface area (Å²) in [4.78, 5) is 11.7. The van der Waals surface area contributed by atoms with Gasteiger partial charge in [-0.05, 0) is 25.5 Å². The third kappa shape index (κ3) is 4.89. The molecule has 3 N–H and O–H groups in total. The van der Waals surface area contributed by atoms with Crippen LogP contribution in [0.5, 0.6) is 0 Å². The Morgan fingerprint density at radius 2 is 2.00 bits per heavy atom. The summed E-state index contributed by atoms with van der Waals surface area (Å²) in [6.45, 7) is 5.24. The highest BCUT2D eigenvalue weighted by molar-refractivity contribution is 5.73. The Balaban J connectivity index is 1.73. The maximum Gasteiger partial charge on any atom is 0.314 e. The molecular formula is C16H22N4O2. The van der Waals surface area contributed by atoms with E-state index in [0.717, 1.165) is 16.7 Å². The maximum absolute atomic E-state index is 11.7. The van der Waals surface area contributed by atoms with Crippen LogP contribution in [-0.4, -0.2) is 34.0 Å². The van der Waals surface area contributed by atoms with E-state index in [9.17, 15) is 9.90 Å². The van der Waals surface area contributed by atoms with E-state index in [1.165, 1.54) is 0 Å². The highest BCUT2D eigenvalue weighted by Crippen LogP contribution is 2.16. The molecule has 0 aliphatic heterocycles. The second kappa shape index (κ2) is 7.61. The minimum Gasteiger partial charge on any atom is -0.387 e. The van der Waals surface area contributed by atoms with Gasteiger partial charge < -0.3 is 15.7 Å². The molecule has 2 amide bonds. The van der Waals surface area contributed by atoms with Gasteiger partial charge in [-0.3, -0.25) is 4.68 Å².